The minimum absolute atomic E-state index is 0.0455. The Bertz CT molecular complexity index is 264. The summed E-state index contributed by atoms with van der Waals surface area (Å²) >= 11 is 2.06. The van der Waals surface area contributed by atoms with E-state index in [-0.39, 0.29) is 5.97 Å². The molecule has 0 atom stereocenters. The van der Waals surface area contributed by atoms with Crippen LogP contribution in [0, 0.1) is 0 Å². The minimum Gasteiger partial charge on any atom is -0.455 e. The van der Waals surface area contributed by atoms with Crippen LogP contribution in [0.5, 0.6) is 0 Å². The standard InChI is InChI=1S/C19H35IO2/c1-2-3-4-5-6-7-8-9-10-11-12-13-14-15-16-17-19(21)22-18-20/h7-8H,2-6,9-18H2,1H3/b8-7+. The first-order chi connectivity index (χ1) is 10.8. The predicted molar refractivity (Wildman–Crippen MR) is 104 cm³/mol. The molecule has 0 aliphatic rings. The van der Waals surface area contributed by atoms with Crippen molar-refractivity contribution in [3.05, 3.63) is 12.2 Å². The summed E-state index contributed by atoms with van der Waals surface area (Å²) in [6.07, 6.45) is 22.0. The Morgan fingerprint density at radius 2 is 1.32 bits per heavy atom. The summed E-state index contributed by atoms with van der Waals surface area (Å²) in [4.78, 5) is 11.1. The number of hydrogen-bond acceptors (Lipinski definition) is 2. The molecule has 0 aliphatic heterocycles. The molecule has 0 aliphatic carbocycles. The predicted octanol–water partition coefficient (Wildman–Crippen LogP) is 6.96. The maximum absolute atomic E-state index is 11.1. The first kappa shape index (κ1) is 21.9. The van der Waals surface area contributed by atoms with Crippen molar-refractivity contribution in [2.24, 2.45) is 0 Å². The van der Waals surface area contributed by atoms with E-state index in [1.165, 1.54) is 70.6 Å². The van der Waals surface area contributed by atoms with Crippen molar-refractivity contribution in [2.75, 3.05) is 4.61 Å². The van der Waals surface area contributed by atoms with Crippen molar-refractivity contribution < 1.29 is 9.53 Å². The van der Waals surface area contributed by atoms with Crippen LogP contribution in [0.15, 0.2) is 12.2 Å². The summed E-state index contributed by atoms with van der Waals surface area (Å²) in [5, 5.41) is 0. The number of esters is 1. The van der Waals surface area contributed by atoms with Crippen LogP contribution < -0.4 is 0 Å². The van der Waals surface area contributed by atoms with Gasteiger partial charge in [0.05, 0.1) is 0 Å². The van der Waals surface area contributed by atoms with E-state index in [1.807, 2.05) is 0 Å². The lowest BCUT2D eigenvalue weighted by Crippen LogP contribution is -2.01. The first-order valence-corrected chi connectivity index (χ1v) is 10.7. The summed E-state index contributed by atoms with van der Waals surface area (Å²) in [6.45, 7) is 2.26. The van der Waals surface area contributed by atoms with Gasteiger partial charge in [0.2, 0.25) is 0 Å². The molecule has 0 aromatic heterocycles. The number of carbonyl (C=O) groups excluding carboxylic acids is 1. The molecule has 0 bridgehead atoms. The second-order valence-electron chi connectivity index (χ2n) is 5.96. The molecule has 22 heavy (non-hydrogen) atoms. The van der Waals surface area contributed by atoms with Gasteiger partial charge in [-0.2, -0.15) is 0 Å². The Labute approximate surface area is 151 Å². The molecule has 0 radical (unpaired) electrons. The molecule has 0 saturated carbocycles. The van der Waals surface area contributed by atoms with Gasteiger partial charge in [0, 0.05) is 6.42 Å². The summed E-state index contributed by atoms with van der Waals surface area (Å²) < 4.78 is 5.38. The molecule has 0 aromatic carbocycles. The van der Waals surface area contributed by atoms with Gasteiger partial charge in [-0.25, -0.2) is 0 Å². The molecule has 130 valence electrons. The van der Waals surface area contributed by atoms with Crippen molar-refractivity contribution in [1.29, 1.82) is 0 Å². The molecule has 0 heterocycles. The topological polar surface area (TPSA) is 26.3 Å². The van der Waals surface area contributed by atoms with Crippen LogP contribution in [0.25, 0.3) is 0 Å². The van der Waals surface area contributed by atoms with E-state index < -0.39 is 0 Å². The van der Waals surface area contributed by atoms with Gasteiger partial charge in [0.25, 0.3) is 0 Å². The van der Waals surface area contributed by atoms with Gasteiger partial charge >= 0.3 is 5.97 Å². The molecule has 0 N–H and O–H groups in total. The van der Waals surface area contributed by atoms with Crippen molar-refractivity contribution in [2.45, 2.75) is 96.8 Å². The van der Waals surface area contributed by atoms with E-state index in [1.54, 1.807) is 0 Å². The van der Waals surface area contributed by atoms with Crippen molar-refractivity contribution in [1.82, 2.24) is 0 Å². The summed E-state index contributed by atoms with van der Waals surface area (Å²) in [7, 11) is 0. The Balaban J connectivity index is 3.11. The molecule has 0 unspecified atom stereocenters. The van der Waals surface area contributed by atoms with Crippen LogP contribution in [0.1, 0.15) is 96.8 Å². The summed E-state index contributed by atoms with van der Waals surface area (Å²) in [5.41, 5.74) is 0. The molecule has 0 spiro atoms. The number of alkyl halides is 1. The van der Waals surface area contributed by atoms with Gasteiger partial charge < -0.3 is 4.74 Å². The maximum atomic E-state index is 11.1. The zero-order valence-corrected chi connectivity index (χ0v) is 16.6. The average Bonchev–Trinajstić information content (AvgIpc) is 2.51. The smallest absolute Gasteiger partial charge is 0.306 e. The van der Waals surface area contributed by atoms with Gasteiger partial charge in [-0.3, -0.25) is 4.79 Å². The third-order valence-corrected chi connectivity index (χ3v) is 4.17. The monoisotopic (exact) mass is 422 g/mol. The minimum atomic E-state index is -0.0455. The van der Waals surface area contributed by atoms with Gasteiger partial charge in [0.15, 0.2) is 0 Å². The van der Waals surface area contributed by atoms with E-state index in [0.717, 1.165) is 12.8 Å². The SMILES string of the molecule is CCCCCC/C=C/CCCCCCCCCC(=O)OCI. The fourth-order valence-electron chi connectivity index (χ4n) is 2.47. The van der Waals surface area contributed by atoms with E-state index in [0.29, 0.717) is 11.0 Å². The Morgan fingerprint density at radius 3 is 1.86 bits per heavy atom. The third kappa shape index (κ3) is 18.0. The molecular formula is C19H35IO2. The molecular weight excluding hydrogens is 387 g/mol. The van der Waals surface area contributed by atoms with Crippen LogP contribution in [0.4, 0.5) is 0 Å². The van der Waals surface area contributed by atoms with Crippen molar-refractivity contribution in [3.63, 3.8) is 0 Å². The second-order valence-corrected chi connectivity index (χ2v) is 6.58. The van der Waals surface area contributed by atoms with Gasteiger partial charge in [-0.1, -0.05) is 70.4 Å². The van der Waals surface area contributed by atoms with Crippen LogP contribution >= 0.6 is 22.6 Å². The lowest BCUT2D eigenvalue weighted by molar-refractivity contribution is -0.141. The number of unbranched alkanes of at least 4 members (excludes halogenated alkanes) is 11. The first-order valence-electron chi connectivity index (χ1n) is 9.17. The fraction of sp³-hybridized carbons (Fsp3) is 0.842. The highest BCUT2D eigenvalue weighted by Crippen LogP contribution is 2.11. The maximum Gasteiger partial charge on any atom is 0.306 e. The van der Waals surface area contributed by atoms with Crippen LogP contribution in [-0.4, -0.2) is 10.6 Å². The normalized spacial score (nSPS) is 11.2. The molecule has 0 rings (SSSR count). The molecule has 0 aromatic rings. The summed E-state index contributed by atoms with van der Waals surface area (Å²) in [5.74, 6) is -0.0455. The quantitative estimate of drug-likeness (QED) is 0.0884. The molecule has 2 nitrogen and oxygen atoms in total. The van der Waals surface area contributed by atoms with E-state index >= 15 is 0 Å². The van der Waals surface area contributed by atoms with E-state index in [9.17, 15) is 4.79 Å². The lowest BCUT2D eigenvalue weighted by atomic mass is 10.1. The largest absolute Gasteiger partial charge is 0.455 e. The Morgan fingerprint density at radius 1 is 0.818 bits per heavy atom. The van der Waals surface area contributed by atoms with E-state index in [4.69, 9.17) is 4.74 Å². The molecule has 0 fully saturated rings. The van der Waals surface area contributed by atoms with Crippen LogP contribution in [0.2, 0.25) is 0 Å². The summed E-state index contributed by atoms with van der Waals surface area (Å²) in [6, 6.07) is 0. The van der Waals surface area contributed by atoms with Crippen LogP contribution in [0.3, 0.4) is 0 Å². The zero-order valence-electron chi connectivity index (χ0n) is 14.5. The number of halogens is 1. The van der Waals surface area contributed by atoms with E-state index in [2.05, 4.69) is 41.7 Å². The number of carbonyl (C=O) groups is 1. The van der Waals surface area contributed by atoms with Crippen molar-refractivity contribution in [3.8, 4) is 0 Å². The average molecular weight is 422 g/mol. The highest BCUT2D eigenvalue weighted by Gasteiger charge is 2.00. The zero-order chi connectivity index (χ0) is 16.3. The third-order valence-electron chi connectivity index (χ3n) is 3.86. The van der Waals surface area contributed by atoms with Crippen LogP contribution in [-0.2, 0) is 9.53 Å². The second kappa shape index (κ2) is 19.0. The number of allylic oxidation sites excluding steroid dienone is 2. The van der Waals surface area contributed by atoms with Gasteiger partial charge in [0.1, 0.15) is 4.61 Å². The van der Waals surface area contributed by atoms with Crippen molar-refractivity contribution >= 4 is 28.6 Å². The molecule has 3 heteroatoms. The number of ether oxygens (including phenoxy) is 1. The Kier molecular flexibility index (Phi) is 18.9. The number of rotatable bonds is 16. The fourth-order valence-corrected chi connectivity index (χ4v) is 2.82. The van der Waals surface area contributed by atoms with Gasteiger partial charge in [-0.15, -0.1) is 0 Å². The molecule has 0 saturated heterocycles. The van der Waals surface area contributed by atoms with Gasteiger partial charge in [-0.05, 0) is 54.7 Å². The highest BCUT2D eigenvalue weighted by atomic mass is 127. The number of hydrogen-bond donors (Lipinski definition) is 0. The highest BCUT2D eigenvalue weighted by molar-refractivity contribution is 14.1. The Hall–Kier alpha value is -0.0600. The lowest BCUT2D eigenvalue weighted by Gasteiger charge is -2.02. The molecule has 0 amide bonds.